The van der Waals surface area contributed by atoms with Gasteiger partial charge in [0.2, 0.25) is 0 Å². The highest BCUT2D eigenvalue weighted by Crippen LogP contribution is 2.37. The van der Waals surface area contributed by atoms with E-state index in [0.717, 1.165) is 12.1 Å². The summed E-state index contributed by atoms with van der Waals surface area (Å²) in [6.45, 7) is 0. The Balaban J connectivity index is 2.27. The minimum atomic E-state index is -5.60. The highest BCUT2D eigenvalue weighted by molar-refractivity contribution is 5.81. The van der Waals surface area contributed by atoms with Gasteiger partial charge < -0.3 is 9.47 Å². The van der Waals surface area contributed by atoms with Gasteiger partial charge in [-0.2, -0.15) is 17.6 Å². The van der Waals surface area contributed by atoms with Crippen molar-refractivity contribution in [1.29, 1.82) is 0 Å². The number of para-hydroxylation sites is 2. The zero-order valence-corrected chi connectivity index (χ0v) is 11.0. The van der Waals surface area contributed by atoms with E-state index in [-0.39, 0.29) is 5.75 Å². The number of halogens is 4. The molecule has 0 heterocycles. The molecule has 0 fully saturated rings. The van der Waals surface area contributed by atoms with E-state index in [9.17, 15) is 22.4 Å². The number of carbonyl (C=O) groups excluding carboxylic acids is 1. The van der Waals surface area contributed by atoms with Crippen molar-refractivity contribution in [3.05, 3.63) is 60.7 Å². The van der Waals surface area contributed by atoms with Crippen molar-refractivity contribution in [3.63, 3.8) is 0 Å². The molecular formula is C15H10F4O3. The fraction of sp³-hybridized carbons (Fsp3) is 0.133. The summed E-state index contributed by atoms with van der Waals surface area (Å²) in [4.78, 5) is 11.6. The van der Waals surface area contributed by atoms with E-state index >= 15 is 0 Å². The van der Waals surface area contributed by atoms with Crippen molar-refractivity contribution >= 4 is 5.97 Å². The fourth-order valence-electron chi connectivity index (χ4n) is 1.53. The molecule has 0 aliphatic heterocycles. The highest BCUT2D eigenvalue weighted by Gasteiger charge is 2.67. The molecule has 2 aromatic rings. The quantitative estimate of drug-likeness (QED) is 0.488. The lowest BCUT2D eigenvalue weighted by molar-refractivity contribution is -0.293. The van der Waals surface area contributed by atoms with Crippen LogP contribution in [0.15, 0.2) is 60.7 Å². The van der Waals surface area contributed by atoms with E-state index in [2.05, 4.69) is 9.47 Å². The summed E-state index contributed by atoms with van der Waals surface area (Å²) >= 11 is 0. The Kier molecular flexibility index (Phi) is 4.35. The molecule has 116 valence electrons. The molecular weight excluding hydrogens is 304 g/mol. The summed E-state index contributed by atoms with van der Waals surface area (Å²) in [5.74, 6) is -7.48. The van der Waals surface area contributed by atoms with E-state index in [4.69, 9.17) is 0 Å². The first kappa shape index (κ1) is 15.8. The van der Waals surface area contributed by atoms with Crippen molar-refractivity contribution in [2.75, 3.05) is 0 Å². The molecule has 0 bridgehead atoms. The Bertz CT molecular complexity index is 628. The maximum Gasteiger partial charge on any atom is 0.472 e. The minimum Gasteiger partial charge on any atom is -0.442 e. The van der Waals surface area contributed by atoms with Crippen molar-refractivity contribution < 1.29 is 31.8 Å². The van der Waals surface area contributed by atoms with Gasteiger partial charge in [0.25, 0.3) is 0 Å². The smallest absolute Gasteiger partial charge is 0.442 e. The van der Waals surface area contributed by atoms with Crippen LogP contribution < -0.4 is 9.47 Å². The van der Waals surface area contributed by atoms with E-state index in [1.807, 2.05) is 0 Å². The lowest BCUT2D eigenvalue weighted by Gasteiger charge is -2.26. The van der Waals surface area contributed by atoms with Gasteiger partial charge in [-0.1, -0.05) is 36.4 Å². The number of esters is 1. The minimum absolute atomic E-state index is 0.226. The molecule has 0 aromatic heterocycles. The fourth-order valence-corrected chi connectivity index (χ4v) is 1.53. The average Bonchev–Trinajstić information content (AvgIpc) is 2.48. The largest absolute Gasteiger partial charge is 0.472 e. The molecule has 2 rings (SSSR count). The predicted molar refractivity (Wildman–Crippen MR) is 69.0 cm³/mol. The van der Waals surface area contributed by atoms with E-state index in [1.54, 1.807) is 6.07 Å². The maximum absolute atomic E-state index is 14.2. The summed E-state index contributed by atoms with van der Waals surface area (Å²) in [5, 5.41) is 0. The second-order valence-corrected chi connectivity index (χ2v) is 4.21. The summed E-state index contributed by atoms with van der Waals surface area (Å²) in [6, 6.07) is 13.2. The van der Waals surface area contributed by atoms with Gasteiger partial charge in [-0.25, -0.2) is 4.79 Å². The van der Waals surface area contributed by atoms with E-state index in [1.165, 1.54) is 42.5 Å². The third kappa shape index (κ3) is 3.36. The van der Waals surface area contributed by atoms with Crippen LogP contribution in [0, 0.1) is 0 Å². The SMILES string of the molecule is O=C(Oc1ccccc1)C(F)(Oc1ccccc1)C(F)(F)F. The van der Waals surface area contributed by atoms with Gasteiger partial charge in [0, 0.05) is 0 Å². The van der Waals surface area contributed by atoms with Crippen LogP contribution in [-0.4, -0.2) is 18.0 Å². The van der Waals surface area contributed by atoms with Gasteiger partial charge in [0.15, 0.2) is 0 Å². The molecule has 0 spiro atoms. The number of carbonyl (C=O) groups is 1. The Morgan fingerprint density at radius 2 is 1.23 bits per heavy atom. The number of rotatable bonds is 4. The van der Waals surface area contributed by atoms with Gasteiger partial charge >= 0.3 is 18.0 Å². The Morgan fingerprint density at radius 1 is 0.773 bits per heavy atom. The summed E-state index contributed by atoms with van der Waals surface area (Å²) in [6.07, 6.45) is -5.60. The van der Waals surface area contributed by atoms with Crippen molar-refractivity contribution in [2.24, 2.45) is 0 Å². The van der Waals surface area contributed by atoms with E-state index in [0.29, 0.717) is 0 Å². The normalized spacial score (nSPS) is 14.0. The summed E-state index contributed by atoms with van der Waals surface area (Å²) < 4.78 is 61.7. The van der Waals surface area contributed by atoms with Crippen LogP contribution in [0.1, 0.15) is 0 Å². The third-order valence-electron chi connectivity index (χ3n) is 2.58. The molecule has 0 N–H and O–H groups in total. The first-order valence-electron chi connectivity index (χ1n) is 6.10. The molecule has 0 aliphatic carbocycles. The number of ether oxygens (including phenoxy) is 2. The van der Waals surface area contributed by atoms with Gasteiger partial charge in [-0.05, 0) is 24.3 Å². The standard InChI is InChI=1S/C15H10F4O3/c16-14(15(17,18)19,22-12-9-5-2-6-10-12)13(20)21-11-7-3-1-4-8-11/h1-10H. The molecule has 1 atom stereocenters. The molecule has 2 aromatic carbocycles. The summed E-state index contributed by atoms with van der Waals surface area (Å²) in [7, 11) is 0. The monoisotopic (exact) mass is 314 g/mol. The van der Waals surface area contributed by atoms with E-state index < -0.39 is 23.7 Å². The lowest BCUT2D eigenvalue weighted by Crippen LogP contribution is -2.54. The number of alkyl halides is 4. The Hall–Kier alpha value is -2.57. The predicted octanol–water partition coefficient (Wildman–Crippen LogP) is 3.90. The van der Waals surface area contributed by atoms with Crippen LogP contribution in [0.25, 0.3) is 0 Å². The Labute approximate surface area is 123 Å². The molecule has 1 unspecified atom stereocenters. The van der Waals surface area contributed by atoms with Crippen LogP contribution in [-0.2, 0) is 4.79 Å². The first-order chi connectivity index (χ1) is 10.3. The number of benzene rings is 2. The lowest BCUT2D eigenvalue weighted by atomic mass is 10.2. The zero-order valence-electron chi connectivity index (χ0n) is 11.0. The maximum atomic E-state index is 14.2. The van der Waals surface area contributed by atoms with Gasteiger partial charge in [0.1, 0.15) is 11.5 Å². The molecule has 0 aliphatic rings. The van der Waals surface area contributed by atoms with Crippen LogP contribution in [0.2, 0.25) is 0 Å². The zero-order chi connectivity index (χ0) is 16.2. The molecule has 7 heteroatoms. The van der Waals surface area contributed by atoms with Crippen molar-refractivity contribution in [1.82, 2.24) is 0 Å². The van der Waals surface area contributed by atoms with Crippen LogP contribution in [0.5, 0.6) is 11.5 Å². The molecule has 0 saturated heterocycles. The second-order valence-electron chi connectivity index (χ2n) is 4.21. The van der Waals surface area contributed by atoms with Crippen LogP contribution in [0.4, 0.5) is 17.6 Å². The molecule has 3 nitrogen and oxygen atoms in total. The van der Waals surface area contributed by atoms with Crippen LogP contribution >= 0.6 is 0 Å². The molecule has 22 heavy (non-hydrogen) atoms. The molecule has 0 saturated carbocycles. The summed E-state index contributed by atoms with van der Waals surface area (Å²) in [5.41, 5.74) is 0. The van der Waals surface area contributed by atoms with Crippen molar-refractivity contribution in [2.45, 2.75) is 12.0 Å². The number of hydrogen-bond acceptors (Lipinski definition) is 3. The average molecular weight is 314 g/mol. The molecule has 0 radical (unpaired) electrons. The first-order valence-corrected chi connectivity index (χ1v) is 6.10. The Morgan fingerprint density at radius 3 is 1.68 bits per heavy atom. The third-order valence-corrected chi connectivity index (χ3v) is 2.58. The number of hydrogen-bond donors (Lipinski definition) is 0. The van der Waals surface area contributed by atoms with Gasteiger partial charge in [-0.15, -0.1) is 0 Å². The highest BCUT2D eigenvalue weighted by atomic mass is 19.4. The van der Waals surface area contributed by atoms with Crippen molar-refractivity contribution in [3.8, 4) is 11.5 Å². The van der Waals surface area contributed by atoms with Gasteiger partial charge in [-0.3, -0.25) is 0 Å². The van der Waals surface area contributed by atoms with Crippen LogP contribution in [0.3, 0.4) is 0 Å². The topological polar surface area (TPSA) is 35.5 Å². The molecule has 0 amide bonds. The van der Waals surface area contributed by atoms with Gasteiger partial charge in [0.05, 0.1) is 0 Å². The second kappa shape index (κ2) is 6.05.